The summed E-state index contributed by atoms with van der Waals surface area (Å²) in [6, 6.07) is -0.534. The quantitative estimate of drug-likeness (QED) is 0.0425. The average molecular weight is 786 g/mol. The summed E-state index contributed by atoms with van der Waals surface area (Å²) in [7, 11) is 0. The Kier molecular flexibility index (Phi) is 46.8. The summed E-state index contributed by atoms with van der Waals surface area (Å²) in [6.45, 7) is 4.36. The standard InChI is InChI=1S/C52H99NO3/c1-3-5-7-9-11-13-15-17-18-19-20-21-22-23-24-25-26-27-28-29-30-31-32-33-34-36-38-40-42-44-46-48-52(56)53-50(49-54)51(55)47-45-43-41-39-37-35-16-14-12-10-8-6-4-2/h15,17,19-20,22-23,50-51,54-55H,3-14,16,18,21,24-49H2,1-2H3,(H,53,56)/b17-15-,20-19-,23-22-. The Morgan fingerprint density at radius 3 is 1.09 bits per heavy atom. The number of amides is 1. The summed E-state index contributed by atoms with van der Waals surface area (Å²) in [5, 5.41) is 23.2. The number of nitrogens with one attached hydrogen (secondary N) is 1. The summed E-state index contributed by atoms with van der Waals surface area (Å²) in [6.07, 6.45) is 63.9. The predicted molar refractivity (Wildman–Crippen MR) is 248 cm³/mol. The number of aliphatic hydroxyl groups is 2. The molecule has 1 amide bonds. The monoisotopic (exact) mass is 786 g/mol. The molecule has 0 aliphatic heterocycles. The van der Waals surface area contributed by atoms with Crippen LogP contribution in [0.1, 0.15) is 271 Å². The molecule has 0 bridgehead atoms. The highest BCUT2D eigenvalue weighted by molar-refractivity contribution is 5.76. The van der Waals surface area contributed by atoms with Crippen molar-refractivity contribution in [3.05, 3.63) is 36.5 Å². The molecule has 0 aromatic carbocycles. The zero-order valence-electron chi connectivity index (χ0n) is 37.9. The van der Waals surface area contributed by atoms with E-state index in [2.05, 4.69) is 55.6 Å². The van der Waals surface area contributed by atoms with Crippen LogP contribution in [-0.2, 0) is 4.79 Å². The second kappa shape index (κ2) is 48.0. The number of unbranched alkanes of at least 4 members (excludes halogenated alkanes) is 33. The zero-order valence-corrected chi connectivity index (χ0v) is 37.9. The van der Waals surface area contributed by atoms with Crippen LogP contribution in [0.25, 0.3) is 0 Å². The van der Waals surface area contributed by atoms with Crippen LogP contribution >= 0.6 is 0 Å². The second-order valence-corrected chi connectivity index (χ2v) is 17.2. The molecule has 330 valence electrons. The van der Waals surface area contributed by atoms with Gasteiger partial charge < -0.3 is 15.5 Å². The molecule has 0 aliphatic carbocycles. The molecule has 2 atom stereocenters. The molecule has 4 nitrogen and oxygen atoms in total. The van der Waals surface area contributed by atoms with Gasteiger partial charge in [-0.1, -0.05) is 249 Å². The van der Waals surface area contributed by atoms with E-state index in [1.165, 1.54) is 205 Å². The van der Waals surface area contributed by atoms with Gasteiger partial charge in [0, 0.05) is 6.42 Å². The molecule has 0 rings (SSSR count). The van der Waals surface area contributed by atoms with E-state index in [4.69, 9.17) is 0 Å². The van der Waals surface area contributed by atoms with Crippen molar-refractivity contribution in [3.8, 4) is 0 Å². The van der Waals surface area contributed by atoms with Crippen molar-refractivity contribution in [2.75, 3.05) is 6.61 Å². The SMILES string of the molecule is CCCCCCC/C=C\C/C=C\C/C=C\CCCCCCCCCCCCCCCCCCC(=O)NC(CO)C(O)CCCCCCCCCCCCCCC. The van der Waals surface area contributed by atoms with Crippen LogP contribution < -0.4 is 5.32 Å². The zero-order chi connectivity index (χ0) is 40.7. The first-order valence-corrected chi connectivity index (χ1v) is 25.2. The Morgan fingerprint density at radius 1 is 0.429 bits per heavy atom. The number of allylic oxidation sites excluding steroid dienone is 6. The van der Waals surface area contributed by atoms with Gasteiger partial charge in [0.2, 0.25) is 5.91 Å². The summed E-state index contributed by atoms with van der Waals surface area (Å²) in [5.74, 6) is -0.0298. The van der Waals surface area contributed by atoms with Gasteiger partial charge in [-0.25, -0.2) is 0 Å². The number of rotatable bonds is 46. The Labute approximate surface area is 351 Å². The first-order valence-electron chi connectivity index (χ1n) is 25.2. The van der Waals surface area contributed by atoms with Crippen molar-refractivity contribution < 1.29 is 15.0 Å². The average Bonchev–Trinajstić information content (AvgIpc) is 3.20. The van der Waals surface area contributed by atoms with E-state index in [1.807, 2.05) is 0 Å². The molecule has 0 aliphatic rings. The highest BCUT2D eigenvalue weighted by Gasteiger charge is 2.20. The second-order valence-electron chi connectivity index (χ2n) is 17.2. The third-order valence-electron chi connectivity index (χ3n) is 11.7. The lowest BCUT2D eigenvalue weighted by atomic mass is 10.0. The van der Waals surface area contributed by atoms with E-state index < -0.39 is 12.1 Å². The van der Waals surface area contributed by atoms with Crippen LogP contribution in [0.5, 0.6) is 0 Å². The maximum absolute atomic E-state index is 12.4. The maximum Gasteiger partial charge on any atom is 0.220 e. The number of hydrogen-bond acceptors (Lipinski definition) is 3. The van der Waals surface area contributed by atoms with Gasteiger partial charge >= 0.3 is 0 Å². The molecule has 0 saturated heterocycles. The van der Waals surface area contributed by atoms with E-state index in [1.54, 1.807) is 0 Å². The van der Waals surface area contributed by atoms with Crippen molar-refractivity contribution in [3.63, 3.8) is 0 Å². The van der Waals surface area contributed by atoms with Crippen LogP contribution in [0.4, 0.5) is 0 Å². The fraction of sp³-hybridized carbons (Fsp3) is 0.865. The van der Waals surface area contributed by atoms with Gasteiger partial charge in [0.25, 0.3) is 0 Å². The molecule has 0 heterocycles. The third-order valence-corrected chi connectivity index (χ3v) is 11.7. The number of hydrogen-bond donors (Lipinski definition) is 3. The minimum Gasteiger partial charge on any atom is -0.394 e. The molecule has 0 fully saturated rings. The highest BCUT2D eigenvalue weighted by atomic mass is 16.3. The molecule has 0 aromatic rings. The lowest BCUT2D eigenvalue weighted by Crippen LogP contribution is -2.45. The van der Waals surface area contributed by atoms with Crippen molar-refractivity contribution in [2.24, 2.45) is 0 Å². The largest absolute Gasteiger partial charge is 0.394 e. The number of carbonyl (C=O) groups is 1. The Bertz CT molecular complexity index is 851. The number of carbonyl (C=O) groups excluding carboxylic acids is 1. The normalized spacial score (nSPS) is 13.1. The summed E-state index contributed by atoms with van der Waals surface area (Å²) in [5.41, 5.74) is 0. The topological polar surface area (TPSA) is 69.6 Å². The van der Waals surface area contributed by atoms with Crippen molar-refractivity contribution in [1.82, 2.24) is 5.32 Å². The molecule has 4 heteroatoms. The molecule has 2 unspecified atom stereocenters. The summed E-state index contributed by atoms with van der Waals surface area (Å²) < 4.78 is 0. The van der Waals surface area contributed by atoms with E-state index in [0.717, 1.165) is 38.5 Å². The van der Waals surface area contributed by atoms with Gasteiger partial charge in [0.1, 0.15) is 0 Å². The third kappa shape index (κ3) is 43.7. The molecule has 0 aromatic heterocycles. The first-order chi connectivity index (χ1) is 27.7. The Balaban J connectivity index is 3.44. The summed E-state index contributed by atoms with van der Waals surface area (Å²) in [4.78, 5) is 12.4. The maximum atomic E-state index is 12.4. The smallest absolute Gasteiger partial charge is 0.220 e. The minimum absolute atomic E-state index is 0.0298. The van der Waals surface area contributed by atoms with E-state index in [9.17, 15) is 15.0 Å². The fourth-order valence-electron chi connectivity index (χ4n) is 7.78. The van der Waals surface area contributed by atoms with Gasteiger partial charge in [-0.15, -0.1) is 0 Å². The van der Waals surface area contributed by atoms with Crippen LogP contribution in [-0.4, -0.2) is 34.9 Å². The molecular formula is C52H99NO3. The van der Waals surface area contributed by atoms with Crippen LogP contribution in [0.3, 0.4) is 0 Å². The van der Waals surface area contributed by atoms with E-state index in [-0.39, 0.29) is 12.5 Å². The fourth-order valence-corrected chi connectivity index (χ4v) is 7.78. The van der Waals surface area contributed by atoms with Crippen molar-refractivity contribution in [1.29, 1.82) is 0 Å². The highest BCUT2D eigenvalue weighted by Crippen LogP contribution is 2.16. The number of aliphatic hydroxyl groups excluding tert-OH is 2. The first kappa shape index (κ1) is 54.6. The molecule has 56 heavy (non-hydrogen) atoms. The van der Waals surface area contributed by atoms with Gasteiger partial charge in [-0.3, -0.25) is 4.79 Å². The van der Waals surface area contributed by atoms with Crippen LogP contribution in [0, 0.1) is 0 Å². The lowest BCUT2D eigenvalue weighted by Gasteiger charge is -2.22. The predicted octanol–water partition coefficient (Wildman–Crippen LogP) is 16.1. The van der Waals surface area contributed by atoms with E-state index in [0.29, 0.717) is 12.8 Å². The van der Waals surface area contributed by atoms with Crippen LogP contribution in [0.15, 0.2) is 36.5 Å². The van der Waals surface area contributed by atoms with Crippen molar-refractivity contribution >= 4 is 5.91 Å². The van der Waals surface area contributed by atoms with Crippen LogP contribution in [0.2, 0.25) is 0 Å². The van der Waals surface area contributed by atoms with Crippen molar-refractivity contribution in [2.45, 2.75) is 283 Å². The Morgan fingerprint density at radius 2 is 0.732 bits per heavy atom. The van der Waals surface area contributed by atoms with Gasteiger partial charge in [0.05, 0.1) is 18.8 Å². The lowest BCUT2D eigenvalue weighted by molar-refractivity contribution is -0.123. The minimum atomic E-state index is -0.657. The van der Waals surface area contributed by atoms with Gasteiger partial charge in [-0.2, -0.15) is 0 Å². The molecule has 3 N–H and O–H groups in total. The Hall–Kier alpha value is -1.39. The van der Waals surface area contributed by atoms with Gasteiger partial charge in [0.15, 0.2) is 0 Å². The van der Waals surface area contributed by atoms with Gasteiger partial charge in [-0.05, 0) is 51.4 Å². The van der Waals surface area contributed by atoms with E-state index >= 15 is 0 Å². The molecule has 0 saturated carbocycles. The molecule has 0 spiro atoms. The molecular weight excluding hydrogens is 687 g/mol. The summed E-state index contributed by atoms with van der Waals surface area (Å²) >= 11 is 0. The molecule has 0 radical (unpaired) electrons.